The maximum atomic E-state index is 12.6. The first-order valence-electron chi connectivity index (χ1n) is 9.78. The van der Waals surface area contributed by atoms with Crippen molar-refractivity contribution in [2.75, 3.05) is 25.1 Å². The zero-order chi connectivity index (χ0) is 21.0. The summed E-state index contributed by atoms with van der Waals surface area (Å²) in [5.74, 6) is 0.745. The summed E-state index contributed by atoms with van der Waals surface area (Å²) in [6.07, 6.45) is -0.0659. The Labute approximate surface area is 172 Å². The molecule has 0 radical (unpaired) electrons. The molecule has 0 saturated heterocycles. The number of carbonyl (C=O) groups excluding carboxylic acids is 2. The van der Waals surface area contributed by atoms with Gasteiger partial charge >= 0.3 is 6.09 Å². The SMILES string of the molecule is CN(CCOc1cccc2c1CC(=O)N2Cc1ccccc1)C(=O)OC(C)(C)C. The van der Waals surface area contributed by atoms with Crippen LogP contribution in [-0.4, -0.2) is 42.7 Å². The minimum Gasteiger partial charge on any atom is -0.491 e. The standard InChI is InChI=1S/C23H28N2O4/c1-23(2,3)29-22(27)24(4)13-14-28-20-12-8-11-19-18(20)15-21(26)25(19)16-17-9-6-5-7-10-17/h5-12H,13-16H2,1-4H3. The number of hydrogen-bond donors (Lipinski definition) is 0. The topological polar surface area (TPSA) is 59.1 Å². The number of benzene rings is 2. The number of amides is 2. The molecule has 6 nitrogen and oxygen atoms in total. The lowest BCUT2D eigenvalue weighted by Crippen LogP contribution is -2.36. The Hall–Kier alpha value is -3.02. The quantitative estimate of drug-likeness (QED) is 0.740. The van der Waals surface area contributed by atoms with E-state index in [0.29, 0.717) is 31.9 Å². The van der Waals surface area contributed by atoms with E-state index < -0.39 is 5.60 Å². The van der Waals surface area contributed by atoms with E-state index in [4.69, 9.17) is 9.47 Å². The molecule has 6 heteroatoms. The number of carbonyl (C=O) groups is 2. The average molecular weight is 396 g/mol. The lowest BCUT2D eigenvalue weighted by atomic mass is 10.1. The summed E-state index contributed by atoms with van der Waals surface area (Å²) in [4.78, 5) is 27.9. The third-order valence-electron chi connectivity index (χ3n) is 4.60. The zero-order valence-corrected chi connectivity index (χ0v) is 17.5. The highest BCUT2D eigenvalue weighted by Gasteiger charge is 2.30. The second kappa shape index (κ2) is 8.55. The predicted molar refractivity (Wildman–Crippen MR) is 112 cm³/mol. The van der Waals surface area contributed by atoms with Crippen molar-refractivity contribution in [3.63, 3.8) is 0 Å². The van der Waals surface area contributed by atoms with E-state index in [-0.39, 0.29) is 12.0 Å². The van der Waals surface area contributed by atoms with Crippen molar-refractivity contribution in [1.82, 2.24) is 4.90 Å². The van der Waals surface area contributed by atoms with Gasteiger partial charge in [0.2, 0.25) is 5.91 Å². The summed E-state index contributed by atoms with van der Waals surface area (Å²) in [5.41, 5.74) is 2.33. The minimum absolute atomic E-state index is 0.0609. The average Bonchev–Trinajstić information content (AvgIpc) is 2.97. The molecule has 0 atom stereocenters. The second-order valence-electron chi connectivity index (χ2n) is 8.15. The van der Waals surface area contributed by atoms with E-state index in [1.807, 2.05) is 69.3 Å². The molecule has 3 rings (SSSR count). The number of likely N-dealkylation sites (N-methyl/N-ethyl adjacent to an activating group) is 1. The van der Waals surface area contributed by atoms with Crippen molar-refractivity contribution in [2.45, 2.75) is 39.3 Å². The third kappa shape index (κ3) is 5.28. The van der Waals surface area contributed by atoms with Crippen LogP contribution >= 0.6 is 0 Å². The Morgan fingerprint density at radius 1 is 1.10 bits per heavy atom. The minimum atomic E-state index is -0.533. The van der Waals surface area contributed by atoms with Crippen molar-refractivity contribution in [3.05, 3.63) is 59.7 Å². The maximum Gasteiger partial charge on any atom is 0.410 e. The van der Waals surface area contributed by atoms with Crippen LogP contribution in [0, 0.1) is 0 Å². The molecule has 0 aromatic heterocycles. The van der Waals surface area contributed by atoms with Crippen LogP contribution in [0.15, 0.2) is 48.5 Å². The number of nitrogens with zero attached hydrogens (tertiary/aromatic N) is 2. The Morgan fingerprint density at radius 3 is 2.52 bits per heavy atom. The van der Waals surface area contributed by atoms with E-state index in [2.05, 4.69) is 0 Å². The monoisotopic (exact) mass is 396 g/mol. The molecule has 2 amide bonds. The van der Waals surface area contributed by atoms with Crippen molar-refractivity contribution in [1.29, 1.82) is 0 Å². The van der Waals surface area contributed by atoms with Gasteiger partial charge in [0.25, 0.3) is 0 Å². The first-order chi connectivity index (χ1) is 13.7. The van der Waals surface area contributed by atoms with Gasteiger partial charge in [0, 0.05) is 12.6 Å². The van der Waals surface area contributed by atoms with Crippen LogP contribution in [0.1, 0.15) is 31.9 Å². The fourth-order valence-electron chi connectivity index (χ4n) is 3.16. The summed E-state index contributed by atoms with van der Waals surface area (Å²) in [6, 6.07) is 15.6. The highest BCUT2D eigenvalue weighted by Crippen LogP contribution is 2.36. The highest BCUT2D eigenvalue weighted by atomic mass is 16.6. The lowest BCUT2D eigenvalue weighted by Gasteiger charge is -2.24. The summed E-state index contributed by atoms with van der Waals surface area (Å²) < 4.78 is 11.3. The van der Waals surface area contributed by atoms with Gasteiger partial charge in [-0.2, -0.15) is 0 Å². The Bertz CT molecular complexity index is 874. The molecule has 2 aromatic rings. The van der Waals surface area contributed by atoms with Gasteiger partial charge in [-0.15, -0.1) is 0 Å². The van der Waals surface area contributed by atoms with Crippen LogP contribution < -0.4 is 9.64 Å². The largest absolute Gasteiger partial charge is 0.491 e. The van der Waals surface area contributed by atoms with Crippen LogP contribution in [0.2, 0.25) is 0 Å². The zero-order valence-electron chi connectivity index (χ0n) is 17.5. The fraction of sp³-hybridized carbons (Fsp3) is 0.391. The van der Waals surface area contributed by atoms with Gasteiger partial charge in [-0.1, -0.05) is 36.4 Å². The lowest BCUT2D eigenvalue weighted by molar-refractivity contribution is -0.117. The molecule has 0 bridgehead atoms. The number of rotatable bonds is 6. The summed E-state index contributed by atoms with van der Waals surface area (Å²) in [5, 5.41) is 0. The second-order valence-corrected chi connectivity index (χ2v) is 8.15. The number of ether oxygens (including phenoxy) is 2. The smallest absolute Gasteiger partial charge is 0.410 e. The van der Waals surface area contributed by atoms with Crippen LogP contribution in [0.4, 0.5) is 10.5 Å². The van der Waals surface area contributed by atoms with Crippen molar-refractivity contribution >= 4 is 17.7 Å². The Balaban J connectivity index is 1.63. The molecule has 1 aliphatic rings. The van der Waals surface area contributed by atoms with E-state index >= 15 is 0 Å². The molecule has 2 aromatic carbocycles. The molecule has 0 fully saturated rings. The Morgan fingerprint density at radius 2 is 1.83 bits per heavy atom. The van der Waals surface area contributed by atoms with Gasteiger partial charge in [0.1, 0.15) is 18.0 Å². The predicted octanol–water partition coefficient (Wildman–Crippen LogP) is 4.02. The number of hydrogen-bond acceptors (Lipinski definition) is 4. The van der Waals surface area contributed by atoms with Gasteiger partial charge in [0.15, 0.2) is 0 Å². The van der Waals surface area contributed by atoms with E-state index in [1.165, 1.54) is 4.90 Å². The molecular weight excluding hydrogens is 368 g/mol. The molecular formula is C23H28N2O4. The first kappa shape index (κ1) is 20.7. The normalized spacial score (nSPS) is 13.2. The van der Waals surface area contributed by atoms with E-state index in [0.717, 1.165) is 16.8 Å². The first-order valence-corrected chi connectivity index (χ1v) is 9.78. The molecule has 0 aliphatic carbocycles. The van der Waals surface area contributed by atoms with Crippen LogP contribution in [0.25, 0.3) is 0 Å². The molecule has 29 heavy (non-hydrogen) atoms. The fourth-order valence-corrected chi connectivity index (χ4v) is 3.16. The van der Waals surface area contributed by atoms with E-state index in [9.17, 15) is 9.59 Å². The molecule has 154 valence electrons. The van der Waals surface area contributed by atoms with Crippen LogP contribution in [0.3, 0.4) is 0 Å². The van der Waals surface area contributed by atoms with E-state index in [1.54, 1.807) is 11.9 Å². The number of anilines is 1. The molecule has 0 N–H and O–H groups in total. The molecule has 0 saturated carbocycles. The number of fused-ring (bicyclic) bond motifs is 1. The molecule has 1 aliphatic heterocycles. The van der Waals surface area contributed by atoms with Gasteiger partial charge in [-0.25, -0.2) is 4.79 Å². The van der Waals surface area contributed by atoms with Crippen molar-refractivity contribution < 1.29 is 19.1 Å². The van der Waals surface area contributed by atoms with Crippen LogP contribution in [0.5, 0.6) is 5.75 Å². The molecule has 1 heterocycles. The highest BCUT2D eigenvalue weighted by molar-refractivity contribution is 6.02. The maximum absolute atomic E-state index is 12.6. The van der Waals surface area contributed by atoms with Crippen molar-refractivity contribution in [3.8, 4) is 5.75 Å². The molecule has 0 spiro atoms. The third-order valence-corrected chi connectivity index (χ3v) is 4.60. The van der Waals surface area contributed by atoms with Crippen molar-refractivity contribution in [2.24, 2.45) is 0 Å². The van der Waals surface area contributed by atoms with Gasteiger partial charge in [0.05, 0.1) is 25.2 Å². The summed E-state index contributed by atoms with van der Waals surface area (Å²) in [6.45, 7) is 6.75. The summed E-state index contributed by atoms with van der Waals surface area (Å²) in [7, 11) is 1.68. The van der Waals surface area contributed by atoms with Gasteiger partial charge in [-0.3, -0.25) is 4.79 Å². The summed E-state index contributed by atoms with van der Waals surface area (Å²) >= 11 is 0. The Kier molecular flexibility index (Phi) is 6.11. The van der Waals surface area contributed by atoms with Gasteiger partial charge < -0.3 is 19.3 Å². The molecule has 0 unspecified atom stereocenters. The van der Waals surface area contributed by atoms with Crippen LogP contribution in [-0.2, 0) is 22.5 Å². The van der Waals surface area contributed by atoms with Gasteiger partial charge in [-0.05, 0) is 38.5 Å².